The van der Waals surface area contributed by atoms with Gasteiger partial charge in [0.2, 0.25) is 0 Å². The van der Waals surface area contributed by atoms with Gasteiger partial charge in [0.05, 0.1) is 7.11 Å². The van der Waals surface area contributed by atoms with Gasteiger partial charge in [0, 0.05) is 23.2 Å². The van der Waals surface area contributed by atoms with E-state index in [0.717, 1.165) is 36.9 Å². The van der Waals surface area contributed by atoms with Gasteiger partial charge in [-0.15, -0.1) is 0 Å². The fourth-order valence-electron chi connectivity index (χ4n) is 3.42. The van der Waals surface area contributed by atoms with Gasteiger partial charge in [-0.3, -0.25) is 4.79 Å². The second kappa shape index (κ2) is 9.59. The summed E-state index contributed by atoms with van der Waals surface area (Å²) < 4.78 is 11.0. The number of aryl methyl sites for hydroxylation is 1. The van der Waals surface area contributed by atoms with E-state index in [1.54, 1.807) is 19.2 Å². The van der Waals surface area contributed by atoms with Gasteiger partial charge in [-0.2, -0.15) is 0 Å². The van der Waals surface area contributed by atoms with Crippen LogP contribution in [0.5, 0.6) is 5.75 Å². The number of carbonyl (C=O) groups is 1. The van der Waals surface area contributed by atoms with Crippen LogP contribution >= 0.6 is 0 Å². The van der Waals surface area contributed by atoms with Crippen LogP contribution in [-0.4, -0.2) is 32.0 Å². The lowest BCUT2D eigenvalue weighted by Crippen LogP contribution is -2.21. The first kappa shape index (κ1) is 21.6. The van der Waals surface area contributed by atoms with Gasteiger partial charge >= 0.3 is 5.63 Å². The Labute approximate surface area is 176 Å². The SMILES string of the molecule is CCCCc1c(OC)ccc2cc(C(=O)Nc3ccc(CN(C)C)cc3)c(=O)oc12. The number of anilines is 1. The van der Waals surface area contributed by atoms with E-state index in [0.29, 0.717) is 22.4 Å². The minimum absolute atomic E-state index is 0.0218. The Morgan fingerprint density at radius 2 is 1.87 bits per heavy atom. The molecule has 0 aliphatic rings. The molecule has 2 aromatic carbocycles. The van der Waals surface area contributed by atoms with Gasteiger partial charge in [0.1, 0.15) is 16.9 Å². The van der Waals surface area contributed by atoms with E-state index in [9.17, 15) is 9.59 Å². The van der Waals surface area contributed by atoms with E-state index in [2.05, 4.69) is 17.1 Å². The predicted octanol–water partition coefficient (Wildman–Crippen LogP) is 4.46. The predicted molar refractivity (Wildman–Crippen MR) is 119 cm³/mol. The fraction of sp³-hybridized carbons (Fsp3) is 0.333. The molecule has 0 spiro atoms. The quantitative estimate of drug-likeness (QED) is 0.557. The molecule has 0 bridgehead atoms. The lowest BCUT2D eigenvalue weighted by Gasteiger charge is -2.12. The van der Waals surface area contributed by atoms with Gasteiger partial charge in [-0.05, 0) is 62.8 Å². The molecule has 1 aromatic heterocycles. The Morgan fingerprint density at radius 1 is 1.13 bits per heavy atom. The first-order valence-corrected chi connectivity index (χ1v) is 10.1. The summed E-state index contributed by atoms with van der Waals surface area (Å²) in [6.07, 6.45) is 2.70. The number of benzene rings is 2. The summed E-state index contributed by atoms with van der Waals surface area (Å²) in [7, 11) is 5.59. The number of methoxy groups -OCH3 is 1. The molecule has 3 rings (SSSR count). The smallest absolute Gasteiger partial charge is 0.349 e. The first-order valence-electron chi connectivity index (χ1n) is 10.1. The van der Waals surface area contributed by atoms with Crippen molar-refractivity contribution in [2.24, 2.45) is 0 Å². The third-order valence-electron chi connectivity index (χ3n) is 4.92. The van der Waals surface area contributed by atoms with Crippen LogP contribution < -0.4 is 15.7 Å². The van der Waals surface area contributed by atoms with Crippen molar-refractivity contribution in [3.63, 3.8) is 0 Å². The van der Waals surface area contributed by atoms with E-state index >= 15 is 0 Å². The average molecular weight is 408 g/mol. The van der Waals surface area contributed by atoms with Crippen LogP contribution in [0.4, 0.5) is 5.69 Å². The molecular formula is C24H28N2O4. The summed E-state index contributed by atoms with van der Waals surface area (Å²) in [5.41, 5.74) is 2.42. The number of rotatable bonds is 8. The fourth-order valence-corrected chi connectivity index (χ4v) is 3.42. The number of carbonyl (C=O) groups excluding carboxylic acids is 1. The van der Waals surface area contributed by atoms with Crippen LogP contribution in [0.25, 0.3) is 11.0 Å². The molecule has 0 aliphatic carbocycles. The zero-order chi connectivity index (χ0) is 21.7. The Kier molecular flexibility index (Phi) is 6.90. The number of hydrogen-bond acceptors (Lipinski definition) is 5. The largest absolute Gasteiger partial charge is 0.496 e. The number of unbranched alkanes of at least 4 members (excludes halogenated alkanes) is 1. The highest BCUT2D eigenvalue weighted by atomic mass is 16.5. The molecule has 0 atom stereocenters. The number of nitrogens with zero attached hydrogens (tertiary/aromatic N) is 1. The lowest BCUT2D eigenvalue weighted by atomic mass is 10.0. The Morgan fingerprint density at radius 3 is 2.50 bits per heavy atom. The second-order valence-corrected chi connectivity index (χ2v) is 7.60. The molecule has 1 heterocycles. The zero-order valence-electron chi connectivity index (χ0n) is 18.0. The highest BCUT2D eigenvalue weighted by Crippen LogP contribution is 2.29. The number of fused-ring (bicyclic) bond motifs is 1. The molecule has 6 nitrogen and oxygen atoms in total. The number of amides is 1. The third-order valence-corrected chi connectivity index (χ3v) is 4.92. The average Bonchev–Trinajstić information content (AvgIpc) is 2.72. The molecule has 6 heteroatoms. The minimum atomic E-state index is -0.657. The van der Waals surface area contributed by atoms with Gasteiger partial charge in [-0.1, -0.05) is 25.5 Å². The molecule has 3 aromatic rings. The molecule has 30 heavy (non-hydrogen) atoms. The molecule has 0 radical (unpaired) electrons. The molecule has 0 saturated carbocycles. The normalized spacial score (nSPS) is 11.1. The minimum Gasteiger partial charge on any atom is -0.496 e. The highest BCUT2D eigenvalue weighted by molar-refractivity contribution is 6.05. The summed E-state index contributed by atoms with van der Waals surface area (Å²) in [6, 6.07) is 12.8. The molecule has 0 unspecified atom stereocenters. The van der Waals surface area contributed by atoms with Crippen molar-refractivity contribution < 1.29 is 13.9 Å². The number of nitrogens with one attached hydrogen (secondary N) is 1. The highest BCUT2D eigenvalue weighted by Gasteiger charge is 2.17. The molecule has 0 aliphatic heterocycles. The monoisotopic (exact) mass is 408 g/mol. The van der Waals surface area contributed by atoms with Crippen LogP contribution in [0.2, 0.25) is 0 Å². The van der Waals surface area contributed by atoms with Crippen LogP contribution in [0, 0.1) is 0 Å². The molecule has 1 amide bonds. The van der Waals surface area contributed by atoms with Gasteiger partial charge in [0.25, 0.3) is 5.91 Å². The zero-order valence-corrected chi connectivity index (χ0v) is 18.0. The molecule has 158 valence electrons. The van der Waals surface area contributed by atoms with E-state index in [1.165, 1.54) is 0 Å². The molecule has 0 fully saturated rings. The summed E-state index contributed by atoms with van der Waals surface area (Å²) in [6.45, 7) is 2.91. The van der Waals surface area contributed by atoms with Crippen molar-refractivity contribution in [1.29, 1.82) is 0 Å². The Balaban J connectivity index is 1.89. The van der Waals surface area contributed by atoms with E-state index < -0.39 is 11.5 Å². The number of hydrogen-bond donors (Lipinski definition) is 1. The third kappa shape index (κ3) is 4.89. The van der Waals surface area contributed by atoms with Crippen LogP contribution in [0.15, 0.2) is 51.7 Å². The Bertz CT molecular complexity index is 1080. The van der Waals surface area contributed by atoms with Crippen molar-refractivity contribution >= 4 is 22.6 Å². The molecular weight excluding hydrogens is 380 g/mol. The van der Waals surface area contributed by atoms with Crippen LogP contribution in [0.1, 0.15) is 41.3 Å². The summed E-state index contributed by atoms with van der Waals surface area (Å²) in [5.74, 6) is 0.200. The Hall–Kier alpha value is -3.12. The second-order valence-electron chi connectivity index (χ2n) is 7.60. The summed E-state index contributed by atoms with van der Waals surface area (Å²) >= 11 is 0. The maximum atomic E-state index is 12.7. The number of ether oxygens (including phenoxy) is 1. The van der Waals surface area contributed by atoms with Crippen molar-refractivity contribution in [1.82, 2.24) is 4.90 Å². The lowest BCUT2D eigenvalue weighted by molar-refractivity contribution is 0.102. The van der Waals surface area contributed by atoms with Crippen LogP contribution in [-0.2, 0) is 13.0 Å². The topological polar surface area (TPSA) is 71.8 Å². The van der Waals surface area contributed by atoms with Crippen molar-refractivity contribution in [3.8, 4) is 5.75 Å². The van der Waals surface area contributed by atoms with Crippen molar-refractivity contribution in [2.45, 2.75) is 32.7 Å². The van der Waals surface area contributed by atoms with E-state index in [4.69, 9.17) is 9.15 Å². The van der Waals surface area contributed by atoms with Gasteiger partial charge in [0.15, 0.2) is 0 Å². The van der Waals surface area contributed by atoms with Crippen LogP contribution in [0.3, 0.4) is 0 Å². The van der Waals surface area contributed by atoms with E-state index in [1.807, 2.05) is 44.4 Å². The molecule has 1 N–H and O–H groups in total. The van der Waals surface area contributed by atoms with Crippen molar-refractivity contribution in [3.05, 3.63) is 69.6 Å². The summed E-state index contributed by atoms with van der Waals surface area (Å²) in [5, 5.41) is 3.48. The van der Waals surface area contributed by atoms with Gasteiger partial charge < -0.3 is 19.4 Å². The summed E-state index contributed by atoms with van der Waals surface area (Å²) in [4.78, 5) is 27.4. The maximum absolute atomic E-state index is 12.7. The maximum Gasteiger partial charge on any atom is 0.349 e. The molecule has 0 saturated heterocycles. The van der Waals surface area contributed by atoms with Gasteiger partial charge in [-0.25, -0.2) is 4.79 Å². The van der Waals surface area contributed by atoms with E-state index in [-0.39, 0.29) is 5.56 Å². The van der Waals surface area contributed by atoms with Crippen molar-refractivity contribution in [2.75, 3.05) is 26.5 Å². The standard InChI is InChI=1S/C24H28N2O4/c1-5-6-7-19-21(29-4)13-10-17-14-20(24(28)30-22(17)19)23(27)25-18-11-8-16(9-12-18)15-26(2)3/h8-14H,5-7,15H2,1-4H3,(H,25,27). The first-order chi connectivity index (χ1) is 14.4.